The quantitative estimate of drug-likeness (QED) is 0.0407. The standard InChI is InChI=1S/C24H27BO3.C22H23BO3.C20H19BO3.C18H15BO3.C16H11BO3/c1-3-5-15-26-25(27-16-6-4-2)21-17-18-11-7-8-12-19(18)23-20-13-9-10-14-22(20)28-24(21)23;1-3-13-24-23(25-14-4-2)19-15-16-9-5-6-10-17(16)21-18-11-7-8-12-20(18)26-22(19)21;1-3-22-21(23-4-2)17-13-14-9-5-6-10-15(14)19-16-11-7-8-12-18(16)24-20(17)19;1-20-19(21-2)15-11-12-7-3-4-8-13(12)17-14-9-5-6-10-16(14)22-18(15)17;18-17(19)13-9-10-5-1-2-6-11(10)15-12-7-3-4-8-14(12)20-16(13)15/h7-14,17H,3-6,15-16H2,1-2H3;5-12,15H,3-4,13-14H2,1-2H3;5-13H,3-4H2,1-2H3;3-11H,1-2H3;1-9,18-19H. The highest BCUT2D eigenvalue weighted by molar-refractivity contribution is 6.67. The van der Waals surface area contributed by atoms with Crippen molar-refractivity contribution in [2.45, 2.75) is 80.1 Å². The van der Waals surface area contributed by atoms with E-state index in [9.17, 15) is 10.0 Å². The van der Waals surface area contributed by atoms with Gasteiger partial charge in [0.15, 0.2) is 0 Å². The highest BCUT2D eigenvalue weighted by atomic mass is 16.6. The number of rotatable bonds is 25. The zero-order valence-electron chi connectivity index (χ0n) is 69.1. The molecule has 0 amide bonds. The van der Waals surface area contributed by atoms with Gasteiger partial charge in [0.25, 0.3) is 0 Å². The fourth-order valence-corrected chi connectivity index (χ4v) is 16.3. The van der Waals surface area contributed by atoms with Gasteiger partial charge in [-0.1, -0.05) is 283 Å². The fraction of sp³-hybridized carbons (Fsp3) is 0.200. The second kappa shape index (κ2) is 38.3. The molecule has 600 valence electrons. The minimum Gasteiger partial charge on any atom is -0.456 e. The van der Waals surface area contributed by atoms with Gasteiger partial charge in [-0.3, -0.25) is 0 Å². The molecule has 5 heterocycles. The van der Waals surface area contributed by atoms with Crippen molar-refractivity contribution in [3.05, 3.63) is 273 Å². The van der Waals surface area contributed by atoms with Gasteiger partial charge in [0.2, 0.25) is 0 Å². The Morgan fingerprint density at radius 3 is 0.700 bits per heavy atom. The van der Waals surface area contributed by atoms with Crippen LogP contribution in [0.4, 0.5) is 0 Å². The average molecular weight is 1590 g/mol. The Bertz CT molecular complexity index is 6920. The molecule has 15 aromatic carbocycles. The Kier molecular flexibility index (Phi) is 26.2. The lowest BCUT2D eigenvalue weighted by atomic mass is 9.76. The van der Waals surface area contributed by atoms with Gasteiger partial charge >= 0.3 is 35.6 Å². The Balaban J connectivity index is 0.000000112. The van der Waals surface area contributed by atoms with Gasteiger partial charge in [0, 0.05) is 135 Å². The van der Waals surface area contributed by atoms with Crippen LogP contribution in [-0.4, -0.2) is 99.5 Å². The molecule has 0 radical (unpaired) electrons. The molecule has 0 unspecified atom stereocenters. The van der Waals surface area contributed by atoms with Crippen LogP contribution in [0.3, 0.4) is 0 Å². The van der Waals surface area contributed by atoms with Crippen LogP contribution in [0.1, 0.15) is 80.1 Å². The van der Waals surface area contributed by atoms with Crippen molar-refractivity contribution in [2.75, 3.05) is 53.9 Å². The van der Waals surface area contributed by atoms with Crippen molar-refractivity contribution in [3.63, 3.8) is 0 Å². The summed E-state index contributed by atoms with van der Waals surface area (Å²) in [6, 6.07) is 92.1. The number of hydrogen-bond acceptors (Lipinski definition) is 15. The van der Waals surface area contributed by atoms with E-state index >= 15 is 0 Å². The third-order valence-corrected chi connectivity index (χ3v) is 21.8. The smallest absolute Gasteiger partial charge is 0.456 e. The topological polar surface area (TPSA) is 180 Å². The molecule has 20 heteroatoms. The van der Waals surface area contributed by atoms with E-state index in [1.807, 2.05) is 135 Å². The van der Waals surface area contributed by atoms with E-state index in [2.05, 4.69) is 173 Å². The Morgan fingerprint density at radius 1 is 0.242 bits per heavy atom. The summed E-state index contributed by atoms with van der Waals surface area (Å²) < 4.78 is 77.8. The third-order valence-electron chi connectivity index (χ3n) is 21.8. The van der Waals surface area contributed by atoms with Crippen LogP contribution in [0.25, 0.3) is 164 Å². The molecule has 0 saturated carbocycles. The summed E-state index contributed by atoms with van der Waals surface area (Å²) in [7, 11) is 0.0201. The molecule has 0 fully saturated rings. The molecule has 20 rings (SSSR count). The van der Waals surface area contributed by atoms with Gasteiger partial charge in [0.05, 0.1) is 0 Å². The predicted octanol–water partition coefficient (Wildman–Crippen LogP) is 22.0. The molecule has 0 saturated heterocycles. The third kappa shape index (κ3) is 16.7. The maximum absolute atomic E-state index is 9.60. The van der Waals surface area contributed by atoms with Crippen LogP contribution in [0.15, 0.2) is 295 Å². The van der Waals surface area contributed by atoms with E-state index in [-0.39, 0.29) is 0 Å². The number of hydrogen-bond donors (Lipinski definition) is 2. The zero-order chi connectivity index (χ0) is 82.6. The molecule has 0 spiro atoms. The van der Waals surface area contributed by atoms with Gasteiger partial charge < -0.3 is 69.4 Å². The first kappa shape index (κ1) is 82.2. The summed E-state index contributed by atoms with van der Waals surface area (Å²) in [5.41, 5.74) is 12.5. The molecule has 0 bridgehead atoms. The highest BCUT2D eigenvalue weighted by Gasteiger charge is 2.32. The van der Waals surface area contributed by atoms with E-state index in [0.29, 0.717) is 50.7 Å². The summed E-state index contributed by atoms with van der Waals surface area (Å²) in [4.78, 5) is 0. The van der Waals surface area contributed by atoms with Gasteiger partial charge in [-0.15, -0.1) is 0 Å². The van der Waals surface area contributed by atoms with Crippen LogP contribution in [0.5, 0.6) is 0 Å². The van der Waals surface area contributed by atoms with Crippen LogP contribution in [0.2, 0.25) is 0 Å². The maximum Gasteiger partial charge on any atom is 0.497 e. The Hall–Kier alpha value is -11.5. The Labute approximate surface area is 698 Å². The first-order valence-corrected chi connectivity index (χ1v) is 41.8. The molecule has 2 N–H and O–H groups in total. The van der Waals surface area contributed by atoms with Crippen molar-refractivity contribution < 1.29 is 69.4 Å². The highest BCUT2D eigenvalue weighted by Crippen LogP contribution is 2.40. The van der Waals surface area contributed by atoms with Crippen molar-refractivity contribution in [1.82, 2.24) is 0 Å². The van der Waals surface area contributed by atoms with E-state index in [4.69, 9.17) is 59.3 Å². The van der Waals surface area contributed by atoms with Crippen LogP contribution in [-0.2, 0) is 37.2 Å². The average Bonchev–Trinajstić information content (AvgIpc) is 1.61. The fourth-order valence-electron chi connectivity index (χ4n) is 16.3. The summed E-state index contributed by atoms with van der Waals surface area (Å²) in [5.74, 6) is 0. The van der Waals surface area contributed by atoms with Crippen molar-refractivity contribution in [2.24, 2.45) is 0 Å². The van der Waals surface area contributed by atoms with Crippen LogP contribution < -0.4 is 27.3 Å². The van der Waals surface area contributed by atoms with E-state index in [1.54, 1.807) is 20.3 Å². The summed E-state index contributed by atoms with van der Waals surface area (Å²) in [5, 5.41) is 41.6. The second-order valence-electron chi connectivity index (χ2n) is 29.7. The molecule has 0 aliphatic carbocycles. The summed E-state index contributed by atoms with van der Waals surface area (Å²) >= 11 is 0. The lowest BCUT2D eigenvalue weighted by Crippen LogP contribution is -2.38. The first-order valence-electron chi connectivity index (χ1n) is 41.8. The number of benzene rings is 15. The number of unbranched alkanes of at least 4 members (excludes halogenated alkanes) is 2. The predicted molar refractivity (Wildman–Crippen MR) is 499 cm³/mol. The van der Waals surface area contributed by atoms with E-state index in [1.165, 1.54) is 32.3 Å². The molecular formula is C100H95B5O15. The number of furan rings is 5. The lowest BCUT2D eigenvalue weighted by molar-refractivity contribution is 0.202. The Morgan fingerprint density at radius 2 is 0.458 bits per heavy atom. The molecule has 0 aliphatic heterocycles. The number of para-hydroxylation sites is 5. The molecule has 5 aromatic heterocycles. The lowest BCUT2D eigenvalue weighted by Gasteiger charge is -2.16. The second-order valence-corrected chi connectivity index (χ2v) is 29.7. The van der Waals surface area contributed by atoms with Gasteiger partial charge in [0.1, 0.15) is 55.8 Å². The van der Waals surface area contributed by atoms with Crippen LogP contribution in [0, 0.1) is 0 Å². The normalized spacial score (nSPS) is 11.6. The van der Waals surface area contributed by atoms with E-state index in [0.717, 1.165) is 186 Å². The summed E-state index contributed by atoms with van der Waals surface area (Å²) in [6.45, 7) is 16.3. The van der Waals surface area contributed by atoms with E-state index < -0.39 is 35.6 Å². The molecule has 0 atom stereocenters. The van der Waals surface area contributed by atoms with Gasteiger partial charge in [-0.25, -0.2) is 0 Å². The number of fused-ring (bicyclic) bond motifs is 25. The minimum absolute atomic E-state index is 0.398. The molecular weight excluding hydrogens is 1500 g/mol. The summed E-state index contributed by atoms with van der Waals surface area (Å²) in [6.07, 6.45) is 6.12. The molecule has 15 nitrogen and oxygen atoms in total. The molecule has 120 heavy (non-hydrogen) atoms. The molecule has 20 aromatic rings. The SMILES string of the molecule is CCCCOB(OCCCC)c1cc2ccccc2c2c1oc1ccccc12.CCCOB(OCCC)c1cc2ccccc2c2c1oc1ccccc12.CCOB(OCC)c1cc2ccccc2c2c1oc1ccccc12.COB(OC)c1cc2ccccc2c2c1oc1ccccc12.OB(O)c1cc2ccccc2c2c1oc1ccccc12. The monoisotopic (exact) mass is 1590 g/mol. The van der Waals surface area contributed by atoms with Gasteiger partial charge in [-0.2, -0.15) is 0 Å². The van der Waals surface area contributed by atoms with Crippen LogP contribution >= 0.6 is 0 Å². The van der Waals surface area contributed by atoms with Crippen molar-refractivity contribution in [3.8, 4) is 0 Å². The van der Waals surface area contributed by atoms with Crippen molar-refractivity contribution >= 4 is 226 Å². The first-order chi connectivity index (χ1) is 59.1. The zero-order valence-corrected chi connectivity index (χ0v) is 69.1. The molecule has 0 aliphatic rings. The minimum atomic E-state index is -1.55. The maximum atomic E-state index is 9.60. The van der Waals surface area contributed by atoms with Gasteiger partial charge in [-0.05, 0) is 124 Å². The van der Waals surface area contributed by atoms with Crippen molar-refractivity contribution in [1.29, 1.82) is 0 Å². The largest absolute Gasteiger partial charge is 0.497 e.